The van der Waals surface area contributed by atoms with Crippen LogP contribution >= 0.6 is 0 Å². The van der Waals surface area contributed by atoms with E-state index in [2.05, 4.69) is 19.2 Å². The first-order chi connectivity index (χ1) is 8.36. The van der Waals surface area contributed by atoms with Crippen LogP contribution in [0, 0.1) is 0 Å². The van der Waals surface area contributed by atoms with Crippen LogP contribution in [0.3, 0.4) is 0 Å². The van der Waals surface area contributed by atoms with Crippen LogP contribution in [0.5, 0.6) is 0 Å². The Kier molecular flexibility index (Phi) is 8.72. The van der Waals surface area contributed by atoms with Crippen molar-refractivity contribution >= 4 is 0 Å². The van der Waals surface area contributed by atoms with Crippen LogP contribution < -0.4 is 5.32 Å². The highest BCUT2D eigenvalue weighted by Crippen LogP contribution is 2.19. The summed E-state index contributed by atoms with van der Waals surface area (Å²) in [6, 6.07) is 0.808. The van der Waals surface area contributed by atoms with Gasteiger partial charge in [-0.2, -0.15) is 0 Å². The van der Waals surface area contributed by atoms with E-state index in [0.717, 1.165) is 19.2 Å². The molecule has 1 N–H and O–H groups in total. The van der Waals surface area contributed by atoms with Crippen molar-refractivity contribution in [2.45, 2.75) is 83.8 Å². The van der Waals surface area contributed by atoms with E-state index in [1.165, 1.54) is 57.8 Å². The molecule has 0 aliphatic heterocycles. The topological polar surface area (TPSA) is 21.3 Å². The summed E-state index contributed by atoms with van der Waals surface area (Å²) >= 11 is 0. The van der Waals surface area contributed by atoms with E-state index in [4.69, 9.17) is 4.74 Å². The smallest absolute Gasteiger partial charge is 0.0699 e. The van der Waals surface area contributed by atoms with Crippen molar-refractivity contribution in [1.29, 1.82) is 0 Å². The summed E-state index contributed by atoms with van der Waals surface area (Å²) in [5, 5.41) is 3.58. The number of ether oxygens (including phenoxy) is 1. The van der Waals surface area contributed by atoms with Gasteiger partial charge in [-0.05, 0) is 25.7 Å². The van der Waals surface area contributed by atoms with Crippen molar-refractivity contribution in [2.75, 3.05) is 13.2 Å². The average molecular weight is 241 g/mol. The van der Waals surface area contributed by atoms with Gasteiger partial charge in [0.05, 0.1) is 6.10 Å². The fourth-order valence-corrected chi connectivity index (χ4v) is 2.11. The Morgan fingerprint density at radius 1 is 1.06 bits per heavy atom. The normalized spacial score (nSPS) is 17.3. The molecule has 0 amide bonds. The number of hydrogen-bond acceptors (Lipinski definition) is 2. The van der Waals surface area contributed by atoms with E-state index in [1.54, 1.807) is 0 Å². The quantitative estimate of drug-likeness (QED) is 0.523. The van der Waals surface area contributed by atoms with Crippen LogP contribution in [0.25, 0.3) is 0 Å². The maximum absolute atomic E-state index is 5.98. The van der Waals surface area contributed by atoms with E-state index in [1.807, 2.05) is 0 Å². The molecule has 2 heteroatoms. The SMILES string of the molecule is CCCCCCCOC(CCC)CNC1CC1. The molecule has 1 rings (SSSR count). The molecule has 1 saturated carbocycles. The van der Waals surface area contributed by atoms with Crippen LogP contribution in [0.4, 0.5) is 0 Å². The molecule has 2 nitrogen and oxygen atoms in total. The van der Waals surface area contributed by atoms with Crippen molar-refractivity contribution < 1.29 is 4.74 Å². The van der Waals surface area contributed by atoms with Gasteiger partial charge >= 0.3 is 0 Å². The Balaban J connectivity index is 1.94. The van der Waals surface area contributed by atoms with Gasteiger partial charge in [0.15, 0.2) is 0 Å². The molecule has 0 aromatic heterocycles. The van der Waals surface area contributed by atoms with Gasteiger partial charge in [0, 0.05) is 19.2 Å². The second kappa shape index (κ2) is 9.90. The summed E-state index contributed by atoms with van der Waals surface area (Å²) in [5.74, 6) is 0. The third-order valence-corrected chi connectivity index (χ3v) is 3.42. The zero-order chi connectivity index (χ0) is 12.3. The van der Waals surface area contributed by atoms with E-state index in [-0.39, 0.29) is 0 Å². The van der Waals surface area contributed by atoms with Gasteiger partial charge in [0.25, 0.3) is 0 Å². The van der Waals surface area contributed by atoms with Gasteiger partial charge in [-0.3, -0.25) is 0 Å². The number of unbranched alkanes of at least 4 members (excludes halogenated alkanes) is 4. The molecule has 0 heterocycles. The molecule has 1 unspecified atom stereocenters. The summed E-state index contributed by atoms with van der Waals surface area (Å²) in [4.78, 5) is 0. The average Bonchev–Trinajstić information content (AvgIpc) is 3.14. The first-order valence-corrected chi connectivity index (χ1v) is 7.71. The largest absolute Gasteiger partial charge is 0.377 e. The molecule has 0 aromatic rings. The van der Waals surface area contributed by atoms with Gasteiger partial charge in [-0.25, -0.2) is 0 Å². The van der Waals surface area contributed by atoms with Gasteiger partial charge in [-0.1, -0.05) is 46.0 Å². The Bertz CT molecular complexity index is 168. The molecule has 1 aliphatic carbocycles. The fourth-order valence-electron chi connectivity index (χ4n) is 2.11. The van der Waals surface area contributed by atoms with Gasteiger partial charge < -0.3 is 10.1 Å². The summed E-state index contributed by atoms with van der Waals surface area (Å²) in [7, 11) is 0. The first kappa shape index (κ1) is 15.0. The lowest BCUT2D eigenvalue weighted by atomic mass is 10.1. The van der Waals surface area contributed by atoms with Crippen LogP contribution in [0.2, 0.25) is 0 Å². The molecule has 0 saturated heterocycles. The van der Waals surface area contributed by atoms with Crippen molar-refractivity contribution in [3.63, 3.8) is 0 Å². The van der Waals surface area contributed by atoms with Crippen molar-refractivity contribution in [1.82, 2.24) is 5.32 Å². The van der Waals surface area contributed by atoms with Crippen molar-refractivity contribution in [2.24, 2.45) is 0 Å². The number of hydrogen-bond donors (Lipinski definition) is 1. The Labute approximate surface area is 108 Å². The molecule has 1 fully saturated rings. The third kappa shape index (κ3) is 8.62. The van der Waals surface area contributed by atoms with E-state index < -0.39 is 0 Å². The molecule has 17 heavy (non-hydrogen) atoms. The number of rotatable bonds is 12. The van der Waals surface area contributed by atoms with Gasteiger partial charge in [-0.15, -0.1) is 0 Å². The molecule has 1 atom stereocenters. The lowest BCUT2D eigenvalue weighted by molar-refractivity contribution is 0.0442. The second-order valence-corrected chi connectivity index (χ2v) is 5.38. The highest BCUT2D eigenvalue weighted by atomic mass is 16.5. The Hall–Kier alpha value is -0.0800. The maximum atomic E-state index is 5.98. The predicted octanol–water partition coefficient (Wildman–Crippen LogP) is 3.89. The van der Waals surface area contributed by atoms with Crippen LogP contribution in [-0.2, 0) is 4.74 Å². The minimum atomic E-state index is 0.451. The minimum absolute atomic E-state index is 0.451. The van der Waals surface area contributed by atoms with Gasteiger partial charge in [0.1, 0.15) is 0 Å². The standard InChI is InChI=1S/C15H31NO/c1-3-5-6-7-8-12-17-15(9-4-2)13-16-14-10-11-14/h14-16H,3-13H2,1-2H3. The Morgan fingerprint density at radius 2 is 1.82 bits per heavy atom. The first-order valence-electron chi connectivity index (χ1n) is 7.71. The lowest BCUT2D eigenvalue weighted by Crippen LogP contribution is -2.30. The summed E-state index contributed by atoms with van der Waals surface area (Å²) < 4.78 is 5.98. The molecule has 0 spiro atoms. The van der Waals surface area contributed by atoms with Crippen LogP contribution in [-0.4, -0.2) is 25.3 Å². The maximum Gasteiger partial charge on any atom is 0.0699 e. The zero-order valence-corrected chi connectivity index (χ0v) is 11.8. The molecule has 1 aliphatic rings. The zero-order valence-electron chi connectivity index (χ0n) is 11.8. The molecular formula is C15H31NO. The summed E-state index contributed by atoms with van der Waals surface area (Å²) in [6.07, 6.45) is 12.3. The highest BCUT2D eigenvalue weighted by molar-refractivity contribution is 4.82. The molecule has 0 radical (unpaired) electrons. The molecule has 102 valence electrons. The van der Waals surface area contributed by atoms with Crippen molar-refractivity contribution in [3.05, 3.63) is 0 Å². The monoisotopic (exact) mass is 241 g/mol. The Morgan fingerprint density at radius 3 is 2.47 bits per heavy atom. The van der Waals surface area contributed by atoms with Gasteiger partial charge in [0.2, 0.25) is 0 Å². The second-order valence-electron chi connectivity index (χ2n) is 5.38. The number of nitrogens with one attached hydrogen (secondary N) is 1. The van der Waals surface area contributed by atoms with Crippen molar-refractivity contribution in [3.8, 4) is 0 Å². The predicted molar refractivity (Wildman–Crippen MR) is 74.4 cm³/mol. The minimum Gasteiger partial charge on any atom is -0.377 e. The lowest BCUT2D eigenvalue weighted by Gasteiger charge is -2.17. The van der Waals surface area contributed by atoms with Crippen LogP contribution in [0.15, 0.2) is 0 Å². The molecular weight excluding hydrogens is 210 g/mol. The third-order valence-electron chi connectivity index (χ3n) is 3.42. The molecule has 0 bridgehead atoms. The fraction of sp³-hybridized carbons (Fsp3) is 1.00. The molecule has 0 aromatic carbocycles. The van der Waals surface area contributed by atoms with E-state index in [9.17, 15) is 0 Å². The van der Waals surface area contributed by atoms with Crippen LogP contribution in [0.1, 0.15) is 71.6 Å². The van der Waals surface area contributed by atoms with E-state index >= 15 is 0 Å². The highest BCUT2D eigenvalue weighted by Gasteiger charge is 2.21. The van der Waals surface area contributed by atoms with E-state index in [0.29, 0.717) is 6.10 Å². The summed E-state index contributed by atoms with van der Waals surface area (Å²) in [5.41, 5.74) is 0. The summed E-state index contributed by atoms with van der Waals surface area (Å²) in [6.45, 7) is 6.53.